The number of aromatic nitrogens is 1. The fourth-order valence-corrected chi connectivity index (χ4v) is 3.76. The van der Waals surface area contributed by atoms with Crippen LogP contribution in [0.3, 0.4) is 0 Å². The summed E-state index contributed by atoms with van der Waals surface area (Å²) in [6, 6.07) is 5.37. The molecule has 0 radical (unpaired) electrons. The van der Waals surface area contributed by atoms with Crippen LogP contribution in [0.1, 0.15) is 29.9 Å². The first-order valence-corrected chi connectivity index (χ1v) is 10.2. The van der Waals surface area contributed by atoms with Crippen molar-refractivity contribution in [1.29, 1.82) is 0 Å². The molecule has 0 aliphatic carbocycles. The highest BCUT2D eigenvalue weighted by Gasteiger charge is 2.23. The van der Waals surface area contributed by atoms with Crippen LogP contribution in [-0.4, -0.2) is 60.5 Å². The fraction of sp³-hybridized carbons (Fsp3) is 0.500. The van der Waals surface area contributed by atoms with E-state index in [1.165, 1.54) is 11.3 Å². The molecule has 1 aliphatic rings. The maximum absolute atomic E-state index is 12.9. The maximum atomic E-state index is 12.9. The summed E-state index contributed by atoms with van der Waals surface area (Å²) in [5, 5.41) is 1.95. The van der Waals surface area contributed by atoms with Crippen molar-refractivity contribution in [2.24, 2.45) is 5.92 Å². The molecular weight excluding hydrogens is 362 g/mol. The number of hydrogen-bond acceptors (Lipinski definition) is 6. The lowest BCUT2D eigenvalue weighted by molar-refractivity contribution is 0.0623. The molecule has 0 unspecified atom stereocenters. The minimum absolute atomic E-state index is 0.0450. The number of thiazole rings is 1. The average Bonchev–Trinajstić information content (AvgIpc) is 3.19. The summed E-state index contributed by atoms with van der Waals surface area (Å²) in [6.07, 6.45) is 0. The summed E-state index contributed by atoms with van der Waals surface area (Å²) in [5.41, 5.74) is 3.28. The van der Waals surface area contributed by atoms with Crippen LogP contribution < -0.4 is 9.47 Å². The highest BCUT2D eigenvalue weighted by molar-refractivity contribution is 7.07. The first-order chi connectivity index (χ1) is 13.1. The average molecular weight is 390 g/mol. The van der Waals surface area contributed by atoms with Gasteiger partial charge in [0.1, 0.15) is 6.61 Å². The predicted molar refractivity (Wildman–Crippen MR) is 107 cm³/mol. The molecule has 0 spiro atoms. The smallest absolute Gasteiger partial charge is 0.254 e. The van der Waals surface area contributed by atoms with Crippen LogP contribution in [0.4, 0.5) is 0 Å². The summed E-state index contributed by atoms with van der Waals surface area (Å²) in [7, 11) is 1.59. The van der Waals surface area contributed by atoms with Crippen LogP contribution in [-0.2, 0) is 6.61 Å². The van der Waals surface area contributed by atoms with Gasteiger partial charge in [-0.15, -0.1) is 11.3 Å². The lowest BCUT2D eigenvalue weighted by atomic mass is 10.1. The number of nitrogens with zero attached hydrogens (tertiary/aromatic N) is 3. The van der Waals surface area contributed by atoms with Gasteiger partial charge in [-0.05, 0) is 24.1 Å². The number of carbonyl (C=O) groups is 1. The second-order valence-corrected chi connectivity index (χ2v) is 7.84. The summed E-state index contributed by atoms with van der Waals surface area (Å²) < 4.78 is 11.2. The Kier molecular flexibility index (Phi) is 6.68. The quantitative estimate of drug-likeness (QED) is 0.728. The van der Waals surface area contributed by atoms with Crippen LogP contribution in [0.15, 0.2) is 29.1 Å². The van der Waals surface area contributed by atoms with Gasteiger partial charge in [-0.25, -0.2) is 4.98 Å². The number of rotatable bonds is 7. The van der Waals surface area contributed by atoms with Crippen molar-refractivity contribution in [3.63, 3.8) is 0 Å². The zero-order chi connectivity index (χ0) is 19.2. The van der Waals surface area contributed by atoms with Gasteiger partial charge < -0.3 is 14.4 Å². The first-order valence-electron chi connectivity index (χ1n) is 9.26. The summed E-state index contributed by atoms with van der Waals surface area (Å²) >= 11 is 1.53. The zero-order valence-electron chi connectivity index (χ0n) is 16.2. The van der Waals surface area contributed by atoms with Gasteiger partial charge in [-0.2, -0.15) is 0 Å². The number of hydrogen-bond donors (Lipinski definition) is 0. The van der Waals surface area contributed by atoms with Crippen molar-refractivity contribution in [3.05, 3.63) is 40.3 Å². The summed E-state index contributed by atoms with van der Waals surface area (Å²) in [5.74, 6) is 1.87. The number of ether oxygens (including phenoxy) is 2. The molecule has 1 amide bonds. The molecule has 6 nitrogen and oxygen atoms in total. The van der Waals surface area contributed by atoms with Crippen LogP contribution in [0.2, 0.25) is 0 Å². The van der Waals surface area contributed by atoms with E-state index in [0.29, 0.717) is 29.6 Å². The van der Waals surface area contributed by atoms with Gasteiger partial charge in [0.2, 0.25) is 0 Å². The normalized spacial score (nSPS) is 15.2. The van der Waals surface area contributed by atoms with E-state index in [1.807, 2.05) is 16.3 Å². The van der Waals surface area contributed by atoms with Gasteiger partial charge in [0, 0.05) is 43.7 Å². The van der Waals surface area contributed by atoms with Gasteiger partial charge >= 0.3 is 0 Å². The molecule has 27 heavy (non-hydrogen) atoms. The Morgan fingerprint density at radius 1 is 1.22 bits per heavy atom. The minimum atomic E-state index is 0.0450. The first kappa shape index (κ1) is 19.6. The third-order valence-corrected chi connectivity index (χ3v) is 5.19. The van der Waals surface area contributed by atoms with Gasteiger partial charge in [0.05, 0.1) is 18.3 Å². The Bertz CT molecular complexity index is 741. The SMILES string of the molecule is COc1cc(C(=O)N2CCN(CC(C)C)CC2)ccc1OCc1cscn1. The Balaban J connectivity index is 1.62. The number of piperazine rings is 1. The van der Waals surface area contributed by atoms with E-state index in [-0.39, 0.29) is 5.91 Å². The van der Waals surface area contributed by atoms with Crippen LogP contribution in [0.5, 0.6) is 11.5 Å². The van der Waals surface area contributed by atoms with E-state index in [9.17, 15) is 4.79 Å². The molecule has 0 saturated carbocycles. The summed E-state index contributed by atoms with van der Waals surface area (Å²) in [4.78, 5) is 21.4. The second-order valence-electron chi connectivity index (χ2n) is 7.12. The lowest BCUT2D eigenvalue weighted by Gasteiger charge is -2.35. The molecular formula is C20H27N3O3S. The lowest BCUT2D eigenvalue weighted by Crippen LogP contribution is -2.49. The third kappa shape index (κ3) is 5.20. The van der Waals surface area contributed by atoms with E-state index in [1.54, 1.807) is 24.8 Å². The molecule has 1 saturated heterocycles. The van der Waals surface area contributed by atoms with E-state index in [0.717, 1.165) is 38.4 Å². The van der Waals surface area contributed by atoms with E-state index < -0.39 is 0 Å². The van der Waals surface area contributed by atoms with Crippen LogP contribution in [0.25, 0.3) is 0 Å². The Morgan fingerprint density at radius 2 is 2.00 bits per heavy atom. The largest absolute Gasteiger partial charge is 0.493 e. The number of carbonyl (C=O) groups excluding carboxylic acids is 1. The molecule has 1 aromatic carbocycles. The standard InChI is InChI=1S/C20H27N3O3S/c1-15(2)11-22-6-8-23(9-7-22)20(24)16-4-5-18(19(10-16)25-3)26-12-17-13-27-14-21-17/h4-5,10,13-15H,6-9,11-12H2,1-3H3. The number of benzene rings is 1. The monoisotopic (exact) mass is 389 g/mol. The Morgan fingerprint density at radius 3 is 2.63 bits per heavy atom. The molecule has 0 atom stereocenters. The second kappa shape index (κ2) is 9.19. The number of amides is 1. The van der Waals surface area contributed by atoms with Crippen molar-refractivity contribution < 1.29 is 14.3 Å². The van der Waals surface area contributed by atoms with E-state index >= 15 is 0 Å². The van der Waals surface area contributed by atoms with Crippen molar-refractivity contribution in [3.8, 4) is 11.5 Å². The minimum Gasteiger partial charge on any atom is -0.493 e. The third-order valence-electron chi connectivity index (χ3n) is 4.55. The highest BCUT2D eigenvalue weighted by atomic mass is 32.1. The molecule has 7 heteroatoms. The van der Waals surface area contributed by atoms with Crippen molar-refractivity contribution in [2.75, 3.05) is 39.8 Å². The molecule has 2 heterocycles. The van der Waals surface area contributed by atoms with E-state index in [4.69, 9.17) is 9.47 Å². The molecule has 2 aromatic rings. The van der Waals surface area contributed by atoms with Gasteiger partial charge in [0.25, 0.3) is 5.91 Å². The maximum Gasteiger partial charge on any atom is 0.254 e. The molecule has 0 bridgehead atoms. The highest BCUT2D eigenvalue weighted by Crippen LogP contribution is 2.29. The number of methoxy groups -OCH3 is 1. The van der Waals surface area contributed by atoms with Crippen molar-refractivity contribution in [2.45, 2.75) is 20.5 Å². The van der Waals surface area contributed by atoms with Crippen molar-refractivity contribution >= 4 is 17.2 Å². The summed E-state index contributed by atoms with van der Waals surface area (Å²) in [6.45, 7) is 9.28. The Labute approximate surface area is 164 Å². The van der Waals surface area contributed by atoms with Gasteiger partial charge in [-0.3, -0.25) is 9.69 Å². The molecule has 3 rings (SSSR count). The topological polar surface area (TPSA) is 54.9 Å². The van der Waals surface area contributed by atoms with E-state index in [2.05, 4.69) is 23.7 Å². The van der Waals surface area contributed by atoms with Crippen LogP contribution in [0, 0.1) is 5.92 Å². The van der Waals surface area contributed by atoms with Crippen LogP contribution >= 0.6 is 11.3 Å². The Hall–Kier alpha value is -2.12. The molecule has 1 aromatic heterocycles. The predicted octanol–water partition coefficient (Wildman–Crippen LogP) is 3.14. The molecule has 1 fully saturated rings. The molecule has 146 valence electrons. The molecule has 0 N–H and O–H groups in total. The van der Waals surface area contributed by atoms with Crippen molar-refractivity contribution in [1.82, 2.24) is 14.8 Å². The fourth-order valence-electron chi connectivity index (χ4n) is 3.21. The zero-order valence-corrected chi connectivity index (χ0v) is 17.0. The molecule has 1 aliphatic heterocycles. The van der Waals surface area contributed by atoms with Gasteiger partial charge in [-0.1, -0.05) is 13.8 Å². The van der Waals surface area contributed by atoms with Gasteiger partial charge in [0.15, 0.2) is 11.5 Å².